The molecule has 0 aliphatic heterocycles. The van der Waals surface area contributed by atoms with Gasteiger partial charge in [0.25, 0.3) is 0 Å². The van der Waals surface area contributed by atoms with Crippen molar-refractivity contribution in [1.29, 1.82) is 0 Å². The lowest BCUT2D eigenvalue weighted by molar-refractivity contribution is -0.0716. The number of benzene rings is 1. The molecular formula is C12H16BrFO2. The second kappa shape index (κ2) is 5.25. The largest absolute Gasteiger partial charge is 0.387 e. The third kappa shape index (κ3) is 3.54. The van der Waals surface area contributed by atoms with Crippen LogP contribution in [0.2, 0.25) is 0 Å². The van der Waals surface area contributed by atoms with E-state index in [-0.39, 0.29) is 11.9 Å². The van der Waals surface area contributed by atoms with E-state index in [4.69, 9.17) is 4.74 Å². The summed E-state index contributed by atoms with van der Waals surface area (Å²) >= 11 is 3.22. The summed E-state index contributed by atoms with van der Waals surface area (Å²) in [6, 6.07) is 4.60. The Morgan fingerprint density at radius 2 is 2.12 bits per heavy atom. The van der Waals surface area contributed by atoms with Crippen LogP contribution in [0.25, 0.3) is 0 Å². The summed E-state index contributed by atoms with van der Waals surface area (Å²) in [5, 5.41) is 10.2. The van der Waals surface area contributed by atoms with Gasteiger partial charge in [0.2, 0.25) is 0 Å². The number of aliphatic hydroxyl groups is 1. The van der Waals surface area contributed by atoms with E-state index in [0.29, 0.717) is 10.9 Å². The van der Waals surface area contributed by atoms with Gasteiger partial charge in [0.05, 0.1) is 11.7 Å². The van der Waals surface area contributed by atoms with E-state index in [2.05, 4.69) is 15.9 Å². The maximum absolute atomic E-state index is 13.1. The zero-order valence-corrected chi connectivity index (χ0v) is 11.2. The van der Waals surface area contributed by atoms with Crippen molar-refractivity contribution in [2.45, 2.75) is 32.0 Å². The van der Waals surface area contributed by atoms with Gasteiger partial charge < -0.3 is 9.84 Å². The van der Waals surface area contributed by atoms with E-state index >= 15 is 0 Å². The summed E-state index contributed by atoms with van der Waals surface area (Å²) < 4.78 is 18.9. The zero-order valence-electron chi connectivity index (χ0n) is 9.63. The average molecular weight is 291 g/mol. The molecule has 0 heterocycles. The highest BCUT2D eigenvalue weighted by Crippen LogP contribution is 2.22. The summed E-state index contributed by atoms with van der Waals surface area (Å²) in [6.07, 6.45) is 0.0350. The van der Waals surface area contributed by atoms with Gasteiger partial charge >= 0.3 is 0 Å². The highest BCUT2D eigenvalue weighted by molar-refractivity contribution is 9.10. The number of ether oxygens (including phenoxy) is 1. The van der Waals surface area contributed by atoms with Crippen molar-refractivity contribution < 1.29 is 14.2 Å². The van der Waals surface area contributed by atoms with E-state index in [0.717, 1.165) is 5.56 Å². The van der Waals surface area contributed by atoms with Crippen LogP contribution >= 0.6 is 15.9 Å². The Labute approximate surface area is 104 Å². The van der Waals surface area contributed by atoms with Crippen molar-refractivity contribution in [2.24, 2.45) is 0 Å². The molecule has 1 aromatic rings. The van der Waals surface area contributed by atoms with Crippen molar-refractivity contribution in [3.05, 3.63) is 34.1 Å². The third-order valence-electron chi connectivity index (χ3n) is 2.71. The van der Waals surface area contributed by atoms with E-state index < -0.39 is 5.60 Å². The van der Waals surface area contributed by atoms with Crippen LogP contribution in [0, 0.1) is 5.82 Å². The molecule has 90 valence electrons. The van der Waals surface area contributed by atoms with Gasteiger partial charge in [-0.05, 0) is 37.6 Å². The first-order chi connectivity index (χ1) is 7.35. The predicted octanol–water partition coefficient (Wildman–Crippen LogP) is 2.92. The van der Waals surface area contributed by atoms with Gasteiger partial charge in [-0.2, -0.15) is 0 Å². The highest BCUT2D eigenvalue weighted by atomic mass is 79.9. The molecule has 16 heavy (non-hydrogen) atoms. The molecule has 4 heteroatoms. The molecule has 2 unspecified atom stereocenters. The van der Waals surface area contributed by atoms with Gasteiger partial charge in [-0.1, -0.05) is 15.9 Å². The standard InChI is InChI=1S/C12H16BrFO2/c1-8(16-3)12(2,15)7-9-4-10(13)6-11(14)5-9/h4-6,8,15H,7H2,1-3H3. The van der Waals surface area contributed by atoms with Crippen LogP contribution in [-0.2, 0) is 11.2 Å². The first kappa shape index (κ1) is 13.6. The zero-order chi connectivity index (χ0) is 12.3. The topological polar surface area (TPSA) is 29.5 Å². The van der Waals surface area contributed by atoms with Crippen LogP contribution in [0.5, 0.6) is 0 Å². The number of rotatable bonds is 4. The summed E-state index contributed by atoms with van der Waals surface area (Å²) in [6.45, 7) is 3.47. The Morgan fingerprint density at radius 1 is 1.50 bits per heavy atom. The van der Waals surface area contributed by atoms with E-state index in [1.54, 1.807) is 27.0 Å². The van der Waals surface area contributed by atoms with Crippen molar-refractivity contribution in [3.63, 3.8) is 0 Å². The van der Waals surface area contributed by atoms with Crippen molar-refractivity contribution >= 4 is 15.9 Å². The van der Waals surface area contributed by atoms with Crippen LogP contribution < -0.4 is 0 Å². The second-order valence-corrected chi connectivity index (χ2v) is 5.11. The van der Waals surface area contributed by atoms with E-state index in [9.17, 15) is 9.50 Å². The number of hydrogen-bond acceptors (Lipinski definition) is 2. The van der Waals surface area contributed by atoms with Crippen molar-refractivity contribution in [3.8, 4) is 0 Å². The maximum Gasteiger partial charge on any atom is 0.124 e. The SMILES string of the molecule is COC(C)C(C)(O)Cc1cc(F)cc(Br)c1. The molecule has 0 spiro atoms. The minimum Gasteiger partial charge on any atom is -0.387 e. The van der Waals surface area contributed by atoms with Gasteiger partial charge in [0.15, 0.2) is 0 Å². The normalized spacial score (nSPS) is 16.9. The molecule has 0 aromatic heterocycles. The first-order valence-corrected chi connectivity index (χ1v) is 5.84. The number of hydrogen-bond donors (Lipinski definition) is 1. The minimum absolute atomic E-state index is 0.311. The molecule has 0 aliphatic rings. The molecule has 1 N–H and O–H groups in total. The molecule has 0 radical (unpaired) electrons. The molecule has 0 saturated heterocycles. The summed E-state index contributed by atoms with van der Waals surface area (Å²) in [5.41, 5.74) is -0.275. The Kier molecular flexibility index (Phi) is 4.47. The maximum atomic E-state index is 13.1. The van der Waals surface area contributed by atoms with E-state index in [1.165, 1.54) is 12.1 Å². The molecule has 0 saturated carbocycles. The Balaban J connectivity index is 2.87. The quantitative estimate of drug-likeness (QED) is 0.924. The minimum atomic E-state index is -1.01. The highest BCUT2D eigenvalue weighted by Gasteiger charge is 2.28. The lowest BCUT2D eigenvalue weighted by Gasteiger charge is -2.29. The fourth-order valence-corrected chi connectivity index (χ4v) is 2.04. The molecule has 2 atom stereocenters. The van der Waals surface area contributed by atoms with E-state index in [1.807, 2.05) is 0 Å². The van der Waals surface area contributed by atoms with Gasteiger partial charge in [0.1, 0.15) is 5.82 Å². The molecule has 1 aromatic carbocycles. The predicted molar refractivity (Wildman–Crippen MR) is 64.9 cm³/mol. The molecule has 0 aliphatic carbocycles. The van der Waals surface area contributed by atoms with Gasteiger partial charge in [-0.15, -0.1) is 0 Å². The van der Waals surface area contributed by atoms with Gasteiger partial charge in [-0.3, -0.25) is 0 Å². The van der Waals surface area contributed by atoms with Crippen LogP contribution in [0.15, 0.2) is 22.7 Å². The van der Waals surface area contributed by atoms with Crippen LogP contribution in [-0.4, -0.2) is 23.9 Å². The number of halogens is 2. The third-order valence-corrected chi connectivity index (χ3v) is 3.17. The fourth-order valence-electron chi connectivity index (χ4n) is 1.52. The lowest BCUT2D eigenvalue weighted by Crippen LogP contribution is -2.40. The van der Waals surface area contributed by atoms with Gasteiger partial charge in [-0.25, -0.2) is 4.39 Å². The molecule has 0 fully saturated rings. The first-order valence-electron chi connectivity index (χ1n) is 5.05. The van der Waals surface area contributed by atoms with Crippen LogP contribution in [0.1, 0.15) is 19.4 Å². The average Bonchev–Trinajstić information content (AvgIpc) is 2.13. The van der Waals surface area contributed by atoms with Crippen LogP contribution in [0.3, 0.4) is 0 Å². The lowest BCUT2D eigenvalue weighted by atomic mass is 9.92. The summed E-state index contributed by atoms with van der Waals surface area (Å²) in [5.74, 6) is -0.315. The smallest absolute Gasteiger partial charge is 0.124 e. The molecule has 2 nitrogen and oxygen atoms in total. The van der Waals surface area contributed by atoms with Crippen LogP contribution in [0.4, 0.5) is 4.39 Å². The molecular weight excluding hydrogens is 275 g/mol. The molecule has 0 amide bonds. The fraction of sp³-hybridized carbons (Fsp3) is 0.500. The molecule has 1 rings (SSSR count). The Morgan fingerprint density at radius 3 is 2.62 bits per heavy atom. The summed E-state index contributed by atoms with van der Waals surface area (Å²) in [4.78, 5) is 0. The number of methoxy groups -OCH3 is 1. The molecule has 0 bridgehead atoms. The van der Waals surface area contributed by atoms with Crippen molar-refractivity contribution in [1.82, 2.24) is 0 Å². The summed E-state index contributed by atoms with van der Waals surface area (Å²) in [7, 11) is 1.54. The Bertz CT molecular complexity index is 346. The van der Waals surface area contributed by atoms with Gasteiger partial charge in [0, 0.05) is 18.0 Å². The Hall–Kier alpha value is -0.450. The monoisotopic (exact) mass is 290 g/mol. The van der Waals surface area contributed by atoms with Crippen molar-refractivity contribution in [2.75, 3.05) is 7.11 Å². The second-order valence-electron chi connectivity index (χ2n) is 4.19.